The van der Waals surface area contributed by atoms with Gasteiger partial charge in [-0.2, -0.15) is 0 Å². The van der Waals surface area contributed by atoms with E-state index in [9.17, 15) is 0 Å². The van der Waals surface area contributed by atoms with E-state index < -0.39 is 5.69 Å². The average molecular weight is 368 g/mol. The lowest BCUT2D eigenvalue weighted by Crippen LogP contribution is -2.28. The minimum atomic E-state index is -2.38. The fraction of sp³-hybridized carbons (Fsp3) is 0.312. The zero-order chi connectivity index (χ0) is 15.8. The van der Waals surface area contributed by atoms with Crippen molar-refractivity contribution in [3.05, 3.63) is 48.0 Å². The molecule has 2 nitrogen and oxygen atoms in total. The van der Waals surface area contributed by atoms with Crippen LogP contribution in [0.4, 0.5) is 0 Å². The van der Waals surface area contributed by atoms with Crippen LogP contribution >= 0.6 is 29.3 Å². The van der Waals surface area contributed by atoms with Crippen LogP contribution in [-0.2, 0) is 20.9 Å². The van der Waals surface area contributed by atoms with Gasteiger partial charge < -0.3 is 9.05 Å². The molecule has 3 rings (SSSR count). The standard InChI is InChI=1S/C16H17O2PS3/c1-16(2)10-17-19(21,18-11-16)22-15(20)14-9-5-7-12-6-3-4-8-13(12)14/h3-9H,10-11H2,1-2H3. The third-order valence-electron chi connectivity index (χ3n) is 3.43. The molecule has 0 amide bonds. The first kappa shape index (κ1) is 16.6. The highest BCUT2D eigenvalue weighted by atomic mass is 32.9. The Labute approximate surface area is 145 Å². The van der Waals surface area contributed by atoms with Crippen LogP contribution < -0.4 is 0 Å². The molecule has 2 aromatic carbocycles. The van der Waals surface area contributed by atoms with Crippen LogP contribution in [0.1, 0.15) is 19.4 Å². The minimum Gasteiger partial charge on any atom is -0.321 e. The van der Waals surface area contributed by atoms with Crippen LogP contribution in [0.3, 0.4) is 0 Å². The Bertz CT molecular complexity index is 754. The van der Waals surface area contributed by atoms with E-state index in [0.717, 1.165) is 15.1 Å². The summed E-state index contributed by atoms with van der Waals surface area (Å²) in [5.41, 5.74) is -1.34. The van der Waals surface area contributed by atoms with Crippen molar-refractivity contribution in [1.29, 1.82) is 0 Å². The molecule has 1 aliphatic heterocycles. The Balaban J connectivity index is 1.84. The number of rotatable bonds is 2. The summed E-state index contributed by atoms with van der Waals surface area (Å²) in [5.74, 6) is 0. The molecule has 22 heavy (non-hydrogen) atoms. The molecule has 0 atom stereocenters. The van der Waals surface area contributed by atoms with Gasteiger partial charge in [-0.05, 0) is 34.0 Å². The van der Waals surface area contributed by atoms with Crippen LogP contribution in [0.25, 0.3) is 10.8 Å². The predicted octanol–water partition coefficient (Wildman–Crippen LogP) is 5.55. The maximum atomic E-state index is 5.86. The molecule has 0 aliphatic carbocycles. The van der Waals surface area contributed by atoms with Gasteiger partial charge in [-0.1, -0.05) is 68.5 Å². The maximum Gasteiger partial charge on any atom is 0.253 e. The van der Waals surface area contributed by atoms with E-state index in [4.69, 9.17) is 33.1 Å². The highest BCUT2D eigenvalue weighted by Crippen LogP contribution is 2.65. The Kier molecular flexibility index (Phi) is 4.75. The summed E-state index contributed by atoms with van der Waals surface area (Å²) in [7, 11) is 0. The van der Waals surface area contributed by atoms with Crippen molar-refractivity contribution >= 4 is 56.1 Å². The number of hydrogen-bond acceptors (Lipinski definition) is 5. The summed E-state index contributed by atoms with van der Waals surface area (Å²) < 4.78 is 12.5. The zero-order valence-electron chi connectivity index (χ0n) is 12.4. The molecule has 0 saturated carbocycles. The van der Waals surface area contributed by atoms with E-state index in [1.54, 1.807) is 0 Å². The van der Waals surface area contributed by atoms with E-state index in [1.807, 2.05) is 24.3 Å². The van der Waals surface area contributed by atoms with Gasteiger partial charge in [0.15, 0.2) is 0 Å². The van der Waals surface area contributed by atoms with Crippen molar-refractivity contribution < 1.29 is 9.05 Å². The second-order valence-electron chi connectivity index (χ2n) is 6.06. The first-order chi connectivity index (χ1) is 10.4. The molecular formula is C16H17O2PS3. The van der Waals surface area contributed by atoms with Gasteiger partial charge >= 0.3 is 0 Å². The lowest BCUT2D eigenvalue weighted by Gasteiger charge is -2.35. The van der Waals surface area contributed by atoms with Crippen LogP contribution in [0.2, 0.25) is 0 Å². The van der Waals surface area contributed by atoms with Crippen LogP contribution in [0.5, 0.6) is 0 Å². The number of thiocarbonyl (C=S) groups is 1. The third kappa shape index (κ3) is 3.61. The Hall–Kier alpha value is -0.290. The van der Waals surface area contributed by atoms with E-state index in [2.05, 4.69) is 32.0 Å². The van der Waals surface area contributed by atoms with Crippen molar-refractivity contribution in [2.24, 2.45) is 5.41 Å². The molecule has 116 valence electrons. The molecule has 1 heterocycles. The normalized spacial score (nSPS) is 19.9. The van der Waals surface area contributed by atoms with Crippen molar-refractivity contribution in [3.63, 3.8) is 0 Å². The second-order valence-corrected chi connectivity index (χ2v) is 12.9. The highest BCUT2D eigenvalue weighted by Gasteiger charge is 2.35. The van der Waals surface area contributed by atoms with E-state index >= 15 is 0 Å². The lowest BCUT2D eigenvalue weighted by molar-refractivity contribution is 0.0673. The van der Waals surface area contributed by atoms with Crippen molar-refractivity contribution in [2.75, 3.05) is 13.2 Å². The minimum absolute atomic E-state index is 0.0178. The summed E-state index contributed by atoms with van der Waals surface area (Å²) in [4.78, 5) is 0. The Morgan fingerprint density at radius 2 is 1.73 bits per heavy atom. The Morgan fingerprint density at radius 1 is 1.09 bits per heavy atom. The summed E-state index contributed by atoms with van der Waals surface area (Å²) in [6.07, 6.45) is 0. The molecule has 0 bridgehead atoms. The maximum absolute atomic E-state index is 5.86. The molecule has 0 aromatic heterocycles. The van der Waals surface area contributed by atoms with Gasteiger partial charge in [0.25, 0.3) is 5.69 Å². The molecule has 0 radical (unpaired) electrons. The van der Waals surface area contributed by atoms with Crippen LogP contribution in [0.15, 0.2) is 42.5 Å². The van der Waals surface area contributed by atoms with Crippen molar-refractivity contribution in [2.45, 2.75) is 13.8 Å². The summed E-state index contributed by atoms with van der Waals surface area (Å²) in [6, 6.07) is 14.4. The summed E-state index contributed by atoms with van der Waals surface area (Å²) >= 11 is 12.6. The SMILES string of the molecule is CC1(C)COP(=S)(SC(=S)c2cccc3ccccc23)OC1. The molecule has 0 spiro atoms. The topological polar surface area (TPSA) is 18.5 Å². The summed E-state index contributed by atoms with van der Waals surface area (Å²) in [6.45, 7) is 5.46. The molecule has 6 heteroatoms. The fourth-order valence-electron chi connectivity index (χ4n) is 2.19. The smallest absolute Gasteiger partial charge is 0.253 e. The number of hydrogen-bond donors (Lipinski definition) is 0. The zero-order valence-corrected chi connectivity index (χ0v) is 15.8. The second kappa shape index (κ2) is 6.31. The van der Waals surface area contributed by atoms with Gasteiger partial charge in [-0.25, -0.2) is 0 Å². The van der Waals surface area contributed by atoms with E-state index in [-0.39, 0.29) is 5.41 Å². The highest BCUT2D eigenvalue weighted by molar-refractivity contribution is 8.75. The number of benzene rings is 2. The first-order valence-corrected chi connectivity index (χ1v) is 11.5. The average Bonchev–Trinajstić information content (AvgIpc) is 2.50. The van der Waals surface area contributed by atoms with Gasteiger partial charge in [-0.15, -0.1) is 0 Å². The van der Waals surface area contributed by atoms with Crippen LogP contribution in [0, 0.1) is 5.41 Å². The van der Waals surface area contributed by atoms with Crippen LogP contribution in [-0.4, -0.2) is 17.4 Å². The lowest BCUT2D eigenvalue weighted by atomic mass is 9.97. The van der Waals surface area contributed by atoms with E-state index in [1.165, 1.54) is 16.8 Å². The van der Waals surface area contributed by atoms with Gasteiger partial charge in [0.2, 0.25) is 0 Å². The largest absolute Gasteiger partial charge is 0.321 e. The molecule has 1 fully saturated rings. The molecule has 1 saturated heterocycles. The third-order valence-corrected chi connectivity index (χ3v) is 8.93. The molecule has 0 unspecified atom stereocenters. The van der Waals surface area contributed by atoms with E-state index in [0.29, 0.717) is 13.2 Å². The monoisotopic (exact) mass is 368 g/mol. The first-order valence-electron chi connectivity index (χ1n) is 6.99. The fourth-order valence-corrected chi connectivity index (χ4v) is 7.88. The number of fused-ring (bicyclic) bond motifs is 1. The molecule has 2 aromatic rings. The predicted molar refractivity (Wildman–Crippen MR) is 103 cm³/mol. The van der Waals surface area contributed by atoms with Gasteiger partial charge in [0.05, 0.1) is 17.4 Å². The molecule has 0 N–H and O–H groups in total. The molecular weight excluding hydrogens is 351 g/mol. The van der Waals surface area contributed by atoms with Crippen molar-refractivity contribution in [3.8, 4) is 0 Å². The Morgan fingerprint density at radius 3 is 2.45 bits per heavy atom. The van der Waals surface area contributed by atoms with Gasteiger partial charge in [0.1, 0.15) is 0 Å². The van der Waals surface area contributed by atoms with Gasteiger partial charge in [0, 0.05) is 11.0 Å². The quantitative estimate of drug-likeness (QED) is 0.510. The molecule has 1 aliphatic rings. The van der Waals surface area contributed by atoms with Crippen molar-refractivity contribution in [1.82, 2.24) is 0 Å². The van der Waals surface area contributed by atoms with Gasteiger partial charge in [-0.3, -0.25) is 0 Å². The summed E-state index contributed by atoms with van der Waals surface area (Å²) in [5, 5.41) is 2.31.